The van der Waals surface area contributed by atoms with Crippen molar-refractivity contribution in [2.45, 2.75) is 45.7 Å². The van der Waals surface area contributed by atoms with Crippen molar-refractivity contribution in [2.24, 2.45) is 11.8 Å². The van der Waals surface area contributed by atoms with Crippen LogP contribution < -0.4 is 5.32 Å². The van der Waals surface area contributed by atoms with Crippen LogP contribution in [0.25, 0.3) is 0 Å². The third-order valence-electron chi connectivity index (χ3n) is 4.22. The van der Waals surface area contributed by atoms with Gasteiger partial charge in [0.05, 0.1) is 6.85 Å². The Morgan fingerprint density at radius 1 is 1.42 bits per heavy atom. The molecule has 1 aromatic carbocycles. The second-order valence-electron chi connectivity index (χ2n) is 6.63. The van der Waals surface area contributed by atoms with Gasteiger partial charge in [0.25, 0.3) is 0 Å². The van der Waals surface area contributed by atoms with Gasteiger partial charge in [-0.1, -0.05) is 44.9 Å². The fraction of sp³-hybridized carbons (Fsp3) is 0.550. The van der Waals surface area contributed by atoms with Gasteiger partial charge in [-0.15, -0.1) is 0 Å². The molecule has 1 aliphatic heterocycles. The number of hydrogen-bond acceptors (Lipinski definition) is 4. The summed E-state index contributed by atoms with van der Waals surface area (Å²) in [6, 6.07) is -3.90. The van der Waals surface area contributed by atoms with Gasteiger partial charge < -0.3 is 15.3 Å². The third kappa shape index (κ3) is 4.49. The summed E-state index contributed by atoms with van der Waals surface area (Å²) in [6.07, 6.45) is -3.40. The lowest BCUT2D eigenvalue weighted by molar-refractivity contribution is -0.137. The first-order valence-electron chi connectivity index (χ1n) is 11.9. The number of nitrogens with zero attached hydrogens (tertiary/aromatic N) is 1. The van der Waals surface area contributed by atoms with Crippen LogP contribution in [-0.4, -0.2) is 47.2 Å². The second kappa shape index (κ2) is 8.45. The molecular formula is C20H28N2O4. The van der Waals surface area contributed by atoms with Crippen molar-refractivity contribution in [3.05, 3.63) is 35.3 Å². The van der Waals surface area contributed by atoms with Crippen LogP contribution in [0.15, 0.2) is 24.2 Å². The highest BCUT2D eigenvalue weighted by atomic mass is 16.3. The summed E-state index contributed by atoms with van der Waals surface area (Å²) in [6.45, 7) is 2.03. The normalized spacial score (nSPS) is 26.5. The molecule has 1 aliphatic rings. The molecule has 2 N–H and O–H groups in total. The molecular weight excluding hydrogens is 332 g/mol. The summed E-state index contributed by atoms with van der Waals surface area (Å²) in [4.78, 5) is 39.0. The van der Waals surface area contributed by atoms with E-state index in [0.29, 0.717) is 0 Å². The summed E-state index contributed by atoms with van der Waals surface area (Å²) in [5, 5.41) is 12.4. The smallest absolute Gasteiger partial charge is 0.249 e. The van der Waals surface area contributed by atoms with E-state index < -0.39 is 85.1 Å². The molecule has 3 atom stereocenters. The van der Waals surface area contributed by atoms with E-state index in [-0.39, 0.29) is 11.1 Å². The molecule has 0 fully saturated rings. The van der Waals surface area contributed by atoms with E-state index in [2.05, 4.69) is 5.32 Å². The lowest BCUT2D eigenvalue weighted by atomic mass is 9.94. The first-order chi connectivity index (χ1) is 14.9. The number of likely N-dealkylation sites (N-methyl/N-ethyl adjacent to an activating group) is 1. The van der Waals surface area contributed by atoms with Crippen molar-refractivity contribution in [3.8, 4) is 0 Å². The van der Waals surface area contributed by atoms with Crippen molar-refractivity contribution in [1.82, 2.24) is 10.2 Å². The quantitative estimate of drug-likeness (QED) is 0.797. The maximum Gasteiger partial charge on any atom is 0.249 e. The first-order valence-corrected chi connectivity index (χ1v) is 8.37. The van der Waals surface area contributed by atoms with Crippen LogP contribution in [0.5, 0.6) is 0 Å². The highest BCUT2D eigenvalue weighted by molar-refractivity contribution is 5.92. The molecule has 0 aromatic heterocycles. The van der Waals surface area contributed by atoms with Crippen LogP contribution in [0.2, 0.25) is 0 Å². The van der Waals surface area contributed by atoms with E-state index in [1.807, 2.05) is 0 Å². The Morgan fingerprint density at radius 3 is 2.73 bits per heavy atom. The zero-order chi connectivity index (χ0) is 25.6. The zero-order valence-corrected chi connectivity index (χ0v) is 15.3. The minimum atomic E-state index is -2.39. The number of nitrogens with one attached hydrogen (secondary N) is 1. The molecule has 6 nitrogen and oxygen atoms in total. The number of aliphatic hydroxyl groups is 1. The van der Waals surface area contributed by atoms with Gasteiger partial charge in [-0.3, -0.25) is 14.4 Å². The Hall–Kier alpha value is -2.21. The number of carbonyl (C=O) groups is 3. The molecule has 0 aliphatic carbocycles. The number of fused-ring (bicyclic) bond motifs is 1. The van der Waals surface area contributed by atoms with E-state index >= 15 is 0 Å². The number of ketones is 1. The average Bonchev–Trinajstić information content (AvgIpc) is 2.79. The van der Waals surface area contributed by atoms with Gasteiger partial charge in [0.15, 0.2) is 5.78 Å². The highest BCUT2D eigenvalue weighted by Gasteiger charge is 2.32. The Morgan fingerprint density at radius 2 is 2.08 bits per heavy atom. The summed E-state index contributed by atoms with van der Waals surface area (Å²) < 4.78 is 56.5. The van der Waals surface area contributed by atoms with Crippen LogP contribution in [0.1, 0.15) is 54.0 Å². The molecule has 2 amide bonds. The fourth-order valence-electron chi connectivity index (χ4n) is 2.54. The zero-order valence-electron chi connectivity index (χ0n) is 22.3. The molecule has 0 saturated carbocycles. The van der Waals surface area contributed by atoms with Crippen molar-refractivity contribution in [1.29, 1.82) is 0 Å². The van der Waals surface area contributed by atoms with E-state index in [0.717, 1.165) is 4.90 Å². The molecule has 2 rings (SSSR count). The predicted molar refractivity (Wildman–Crippen MR) is 98.3 cm³/mol. The molecule has 6 heteroatoms. The molecule has 1 heterocycles. The fourth-order valence-corrected chi connectivity index (χ4v) is 2.54. The van der Waals surface area contributed by atoms with Crippen molar-refractivity contribution in [3.63, 3.8) is 0 Å². The van der Waals surface area contributed by atoms with Gasteiger partial charge in [0.1, 0.15) is 12.1 Å². The number of carbonyl (C=O) groups excluding carboxylic acids is 3. The van der Waals surface area contributed by atoms with Gasteiger partial charge in [-0.05, 0) is 23.5 Å². The summed E-state index contributed by atoms with van der Waals surface area (Å²) in [7, 11) is 1.17. The Balaban J connectivity index is 2.49. The molecule has 26 heavy (non-hydrogen) atoms. The maximum absolute atomic E-state index is 13.1. The Kier molecular flexibility index (Phi) is 3.97. The SMILES string of the molecule is [2H]c1c([2H])c([2H])c2c(c1[2H])CC([2H])([2H])N(C)C(=O)[C@H]2NC(=O)[C@H](C)CC(=O)[C@@]([2H])(O)C(C)C. The number of benzene rings is 1. The average molecular weight is 367 g/mol. The van der Waals surface area contributed by atoms with Crippen molar-refractivity contribution in [2.75, 3.05) is 13.5 Å². The monoisotopic (exact) mass is 367 g/mol. The van der Waals surface area contributed by atoms with Gasteiger partial charge >= 0.3 is 0 Å². The predicted octanol–water partition coefficient (Wildman–Crippen LogP) is 1.47. The maximum atomic E-state index is 13.1. The molecule has 0 bridgehead atoms. The molecule has 1 aromatic rings. The summed E-state index contributed by atoms with van der Waals surface area (Å²) in [5.41, 5.74) is -0.358. The highest BCUT2D eigenvalue weighted by Crippen LogP contribution is 2.25. The molecule has 0 radical (unpaired) electrons. The standard InChI is InChI=1S/C20H28N2O4/c1-12(2)18(24)16(23)11-13(3)19(25)21-17-15-8-6-5-7-14(15)9-10-22(4)20(17)26/h5-8,12-13,17-18,24H,9-11H2,1-4H3,(H,21,25)/t13-,17+,18+/m1/s1/i5D,6D,7D,8D,10D2,18D. The second-order valence-corrected chi connectivity index (χ2v) is 6.63. The van der Waals surface area contributed by atoms with Crippen LogP contribution in [0.4, 0.5) is 0 Å². The molecule has 142 valence electrons. The van der Waals surface area contributed by atoms with Crippen LogP contribution in [-0.2, 0) is 20.8 Å². The van der Waals surface area contributed by atoms with Gasteiger partial charge in [0.2, 0.25) is 11.8 Å². The number of amides is 2. The lowest BCUT2D eigenvalue weighted by Gasteiger charge is -2.24. The number of rotatable bonds is 6. The van der Waals surface area contributed by atoms with E-state index in [9.17, 15) is 19.5 Å². The number of Topliss-reactive ketones (excluding diaryl/α,β-unsaturated/α-hetero) is 1. The Labute approximate surface area is 164 Å². The van der Waals surface area contributed by atoms with Gasteiger partial charge in [-0.25, -0.2) is 0 Å². The molecule has 0 unspecified atom stereocenters. The summed E-state index contributed by atoms with van der Waals surface area (Å²) in [5.74, 6) is -4.43. The third-order valence-corrected chi connectivity index (χ3v) is 4.22. The topological polar surface area (TPSA) is 86.7 Å². The van der Waals surface area contributed by atoms with Crippen molar-refractivity contribution >= 4 is 17.6 Å². The van der Waals surface area contributed by atoms with E-state index in [1.54, 1.807) is 0 Å². The summed E-state index contributed by atoms with van der Waals surface area (Å²) >= 11 is 0. The van der Waals surface area contributed by atoms with Crippen LogP contribution in [0, 0.1) is 11.8 Å². The minimum Gasteiger partial charge on any atom is -0.385 e. The molecule has 0 spiro atoms. The van der Waals surface area contributed by atoms with Crippen LogP contribution >= 0.6 is 0 Å². The van der Waals surface area contributed by atoms with Gasteiger partial charge in [0, 0.05) is 28.6 Å². The lowest BCUT2D eigenvalue weighted by Crippen LogP contribution is -2.43. The van der Waals surface area contributed by atoms with Crippen molar-refractivity contribution < 1.29 is 29.1 Å². The molecule has 0 saturated heterocycles. The minimum absolute atomic E-state index is 0.127. The van der Waals surface area contributed by atoms with Crippen LogP contribution in [0.3, 0.4) is 0 Å². The number of hydrogen-bond donors (Lipinski definition) is 2. The van der Waals surface area contributed by atoms with E-state index in [1.165, 1.54) is 27.8 Å². The van der Waals surface area contributed by atoms with E-state index in [4.69, 9.17) is 9.60 Å². The van der Waals surface area contributed by atoms with Gasteiger partial charge in [-0.2, -0.15) is 0 Å². The first kappa shape index (κ1) is 12.2. The largest absolute Gasteiger partial charge is 0.385 e. The Bertz CT molecular complexity index is 997.